The number of morpholine rings is 1. The number of hydrogen-bond acceptors (Lipinski definition) is 5. The topological polar surface area (TPSA) is 68.7 Å². The van der Waals surface area contributed by atoms with E-state index in [1.165, 1.54) is 12.1 Å². The molecule has 2 atom stereocenters. The van der Waals surface area contributed by atoms with Gasteiger partial charge in [0.05, 0.1) is 25.3 Å². The summed E-state index contributed by atoms with van der Waals surface area (Å²) in [6.07, 6.45) is -4.53. The molecule has 4 rings (SSSR count). The molecule has 3 heterocycles. The predicted molar refractivity (Wildman–Crippen MR) is 103 cm³/mol. The zero-order chi connectivity index (χ0) is 22.0. The smallest absolute Gasteiger partial charge is 0.433 e. The van der Waals surface area contributed by atoms with E-state index >= 15 is 0 Å². The Morgan fingerprint density at radius 3 is 2.35 bits per heavy atom. The number of carbonyl (C=O) groups is 2. The van der Waals surface area contributed by atoms with Crippen molar-refractivity contribution in [2.45, 2.75) is 37.7 Å². The third-order valence-corrected chi connectivity index (χ3v) is 5.60. The molecule has 0 aliphatic carbocycles. The third kappa shape index (κ3) is 4.71. The lowest BCUT2D eigenvalue weighted by Gasteiger charge is -2.47. The number of ether oxygens (including phenoxy) is 2. The summed E-state index contributed by atoms with van der Waals surface area (Å²) >= 11 is 0. The molecule has 164 valence electrons. The van der Waals surface area contributed by atoms with E-state index in [1.54, 1.807) is 4.90 Å². The lowest BCUT2D eigenvalue weighted by Crippen LogP contribution is -2.60. The number of halogens is 3. The quantitative estimate of drug-likeness (QED) is 0.678. The van der Waals surface area contributed by atoms with Gasteiger partial charge in [-0.05, 0) is 30.5 Å². The summed E-state index contributed by atoms with van der Waals surface area (Å²) in [6, 6.07) is 11.8. The van der Waals surface area contributed by atoms with Crippen LogP contribution < -0.4 is 0 Å². The number of amides is 1. The van der Waals surface area contributed by atoms with Crippen LogP contribution in [0.3, 0.4) is 0 Å². The first-order chi connectivity index (χ1) is 14.8. The van der Waals surface area contributed by atoms with E-state index in [2.05, 4.69) is 4.98 Å². The summed E-state index contributed by atoms with van der Waals surface area (Å²) in [7, 11) is 0. The average Bonchev–Trinajstić information content (AvgIpc) is 2.76. The van der Waals surface area contributed by atoms with Gasteiger partial charge >= 0.3 is 12.3 Å². The maximum atomic E-state index is 12.9. The van der Waals surface area contributed by atoms with Crippen molar-refractivity contribution < 1.29 is 32.2 Å². The SMILES string of the molecule is O=C(c1cccc(C(F)(F)F)n1)C1CC2COCC(C1)N2C(=O)OCc1ccccc1. The molecule has 9 heteroatoms. The number of benzene rings is 1. The van der Waals surface area contributed by atoms with Gasteiger partial charge in [-0.2, -0.15) is 13.2 Å². The van der Waals surface area contributed by atoms with Crippen molar-refractivity contribution in [3.63, 3.8) is 0 Å². The highest BCUT2D eigenvalue weighted by Gasteiger charge is 2.45. The normalized spacial score (nSPS) is 23.3. The molecule has 2 unspecified atom stereocenters. The van der Waals surface area contributed by atoms with E-state index in [-0.39, 0.29) is 50.4 Å². The van der Waals surface area contributed by atoms with Crippen molar-refractivity contribution in [3.8, 4) is 0 Å². The van der Waals surface area contributed by atoms with Crippen molar-refractivity contribution in [1.82, 2.24) is 9.88 Å². The molecular weight excluding hydrogens is 413 g/mol. The zero-order valence-corrected chi connectivity index (χ0v) is 16.5. The van der Waals surface area contributed by atoms with Crippen molar-refractivity contribution in [3.05, 3.63) is 65.5 Å². The largest absolute Gasteiger partial charge is 0.445 e. The minimum absolute atomic E-state index is 0.132. The molecule has 0 spiro atoms. The molecule has 0 radical (unpaired) electrons. The Hall–Kier alpha value is -2.94. The summed E-state index contributed by atoms with van der Waals surface area (Å²) in [4.78, 5) is 30.7. The van der Waals surface area contributed by atoms with E-state index in [1.807, 2.05) is 30.3 Å². The van der Waals surface area contributed by atoms with Gasteiger partial charge in [0.25, 0.3) is 0 Å². The Labute approximate surface area is 177 Å². The summed E-state index contributed by atoms with van der Waals surface area (Å²) in [5.41, 5.74) is -0.444. The first kappa shape index (κ1) is 21.3. The van der Waals surface area contributed by atoms with Gasteiger partial charge in [0.2, 0.25) is 0 Å². The maximum Gasteiger partial charge on any atom is 0.433 e. The molecule has 2 saturated heterocycles. The first-order valence-electron chi connectivity index (χ1n) is 9.98. The van der Waals surface area contributed by atoms with Crippen molar-refractivity contribution >= 4 is 11.9 Å². The molecule has 2 aliphatic heterocycles. The maximum absolute atomic E-state index is 12.9. The van der Waals surface area contributed by atoms with Gasteiger partial charge < -0.3 is 9.47 Å². The van der Waals surface area contributed by atoms with Crippen LogP contribution in [0.1, 0.15) is 34.6 Å². The number of carbonyl (C=O) groups excluding carboxylic acids is 2. The highest BCUT2D eigenvalue weighted by molar-refractivity contribution is 5.96. The first-order valence-corrected chi connectivity index (χ1v) is 9.98. The minimum Gasteiger partial charge on any atom is -0.445 e. The van der Waals surface area contributed by atoms with E-state index < -0.39 is 29.7 Å². The molecule has 1 amide bonds. The molecule has 1 aromatic heterocycles. The number of Topliss-reactive ketones (excluding diaryl/α,β-unsaturated/α-hetero) is 1. The molecule has 0 N–H and O–H groups in total. The number of hydrogen-bond donors (Lipinski definition) is 0. The van der Waals surface area contributed by atoms with E-state index in [0.29, 0.717) is 0 Å². The Bertz CT molecular complexity index is 937. The van der Waals surface area contributed by atoms with Crippen LogP contribution in [0.15, 0.2) is 48.5 Å². The number of nitrogens with zero attached hydrogens (tertiary/aromatic N) is 2. The Morgan fingerprint density at radius 1 is 1.03 bits per heavy atom. The highest BCUT2D eigenvalue weighted by Crippen LogP contribution is 2.34. The molecule has 0 saturated carbocycles. The van der Waals surface area contributed by atoms with Gasteiger partial charge in [-0.25, -0.2) is 9.78 Å². The average molecular weight is 434 g/mol. The fraction of sp³-hybridized carbons (Fsp3) is 0.409. The summed E-state index contributed by atoms with van der Waals surface area (Å²) in [5.74, 6) is -0.978. The number of fused-ring (bicyclic) bond motifs is 2. The monoisotopic (exact) mass is 434 g/mol. The number of ketones is 1. The van der Waals surface area contributed by atoms with E-state index in [0.717, 1.165) is 11.6 Å². The van der Waals surface area contributed by atoms with Crippen molar-refractivity contribution in [1.29, 1.82) is 0 Å². The number of rotatable bonds is 4. The molecular formula is C22H21F3N2O4. The van der Waals surface area contributed by atoms with Crippen LogP contribution in [0.4, 0.5) is 18.0 Å². The standard InChI is InChI=1S/C22H21F3N2O4/c23-22(24,25)19-8-4-7-18(26-19)20(28)15-9-16-12-30-13-17(10-15)27(16)21(29)31-11-14-5-2-1-3-6-14/h1-8,15-17H,9-13H2. The van der Waals surface area contributed by atoms with Crippen molar-refractivity contribution in [2.24, 2.45) is 5.92 Å². The van der Waals surface area contributed by atoms with Crippen LogP contribution in [0, 0.1) is 5.92 Å². The van der Waals surface area contributed by atoms with Crippen molar-refractivity contribution in [2.75, 3.05) is 13.2 Å². The van der Waals surface area contributed by atoms with E-state index in [9.17, 15) is 22.8 Å². The Kier molecular flexibility index (Phi) is 5.95. The van der Waals surface area contributed by atoms with Crippen LogP contribution in [-0.2, 0) is 22.3 Å². The summed E-state index contributed by atoms with van der Waals surface area (Å²) in [5, 5.41) is 0. The Balaban J connectivity index is 1.44. The summed E-state index contributed by atoms with van der Waals surface area (Å²) in [6.45, 7) is 0.625. The fourth-order valence-electron chi connectivity index (χ4n) is 4.16. The second-order valence-corrected chi connectivity index (χ2v) is 7.73. The lowest BCUT2D eigenvalue weighted by molar-refractivity contribution is -0.141. The number of aromatic nitrogens is 1. The van der Waals surface area contributed by atoms with Gasteiger partial charge in [-0.15, -0.1) is 0 Å². The van der Waals surface area contributed by atoms with Gasteiger partial charge in [-0.3, -0.25) is 9.69 Å². The van der Waals surface area contributed by atoms with Crippen LogP contribution in [0.5, 0.6) is 0 Å². The molecule has 2 bridgehead atoms. The number of pyridine rings is 1. The number of piperidine rings is 1. The molecule has 2 aliphatic rings. The number of alkyl halides is 3. The van der Waals surface area contributed by atoms with Gasteiger partial charge in [0.1, 0.15) is 18.0 Å². The van der Waals surface area contributed by atoms with Crippen LogP contribution in [-0.4, -0.2) is 47.1 Å². The van der Waals surface area contributed by atoms with Gasteiger partial charge in [0, 0.05) is 5.92 Å². The van der Waals surface area contributed by atoms with Gasteiger partial charge in [0.15, 0.2) is 5.78 Å². The molecule has 2 aromatic rings. The van der Waals surface area contributed by atoms with Crippen LogP contribution in [0.25, 0.3) is 0 Å². The third-order valence-electron chi connectivity index (χ3n) is 5.60. The Morgan fingerprint density at radius 2 is 1.71 bits per heavy atom. The fourth-order valence-corrected chi connectivity index (χ4v) is 4.16. The van der Waals surface area contributed by atoms with Crippen LogP contribution in [0.2, 0.25) is 0 Å². The second-order valence-electron chi connectivity index (χ2n) is 7.73. The van der Waals surface area contributed by atoms with E-state index in [4.69, 9.17) is 9.47 Å². The zero-order valence-electron chi connectivity index (χ0n) is 16.5. The second kappa shape index (κ2) is 8.66. The van der Waals surface area contributed by atoms with Crippen LogP contribution >= 0.6 is 0 Å². The minimum atomic E-state index is -4.62. The molecule has 2 fully saturated rings. The molecule has 6 nitrogen and oxygen atoms in total. The lowest BCUT2D eigenvalue weighted by atomic mass is 9.81. The summed E-state index contributed by atoms with van der Waals surface area (Å²) < 4.78 is 49.8. The highest BCUT2D eigenvalue weighted by atomic mass is 19.4. The molecule has 31 heavy (non-hydrogen) atoms. The molecule has 1 aromatic carbocycles. The predicted octanol–water partition coefficient (Wildman–Crippen LogP) is 4.10. The van der Waals surface area contributed by atoms with Gasteiger partial charge in [-0.1, -0.05) is 36.4 Å².